The van der Waals surface area contributed by atoms with Gasteiger partial charge in [0.2, 0.25) is 5.91 Å². The van der Waals surface area contributed by atoms with Crippen molar-refractivity contribution in [3.05, 3.63) is 101 Å². The lowest BCUT2D eigenvalue weighted by molar-refractivity contribution is -0.245. The van der Waals surface area contributed by atoms with Crippen molar-refractivity contribution in [1.29, 1.82) is 0 Å². The summed E-state index contributed by atoms with van der Waals surface area (Å²) in [6.45, 7) is -0.0304. The van der Waals surface area contributed by atoms with Crippen molar-refractivity contribution >= 4 is 23.6 Å². The molecular formula is C34H34F3N5O5S. The van der Waals surface area contributed by atoms with Crippen LogP contribution in [0.4, 0.5) is 13.2 Å². The molecule has 0 radical (unpaired) electrons. The van der Waals surface area contributed by atoms with Crippen molar-refractivity contribution in [2.75, 3.05) is 12.3 Å². The SMILES string of the molecule is O=C(NCc1cccc(-c2ccc(C3OC(CSc4ncn[nH]4)CC(c4ccc(CO)cc4)O3)cc2)c1)C1CCCN1C(=O)C(F)(F)F. The lowest BCUT2D eigenvalue weighted by Crippen LogP contribution is -2.50. The molecule has 2 aliphatic rings. The number of carbonyl (C=O) groups is 2. The number of hydrogen-bond donors (Lipinski definition) is 3. The van der Waals surface area contributed by atoms with Crippen LogP contribution in [0.5, 0.6) is 0 Å². The third-order valence-corrected chi connectivity index (χ3v) is 9.39. The highest BCUT2D eigenvalue weighted by atomic mass is 32.2. The van der Waals surface area contributed by atoms with Gasteiger partial charge in [-0.3, -0.25) is 14.7 Å². The van der Waals surface area contributed by atoms with E-state index < -0.39 is 30.3 Å². The van der Waals surface area contributed by atoms with Crippen LogP contribution in [-0.4, -0.2) is 67.6 Å². The fourth-order valence-electron chi connectivity index (χ4n) is 5.90. The Morgan fingerprint density at radius 1 is 1.00 bits per heavy atom. The van der Waals surface area contributed by atoms with Gasteiger partial charge in [0.15, 0.2) is 11.4 Å². The molecule has 2 saturated heterocycles. The number of amides is 2. The molecule has 2 amide bonds. The Bertz CT molecular complexity index is 1690. The van der Waals surface area contributed by atoms with Crippen LogP contribution in [0.25, 0.3) is 11.1 Å². The maximum absolute atomic E-state index is 13.0. The number of hydrogen-bond acceptors (Lipinski definition) is 8. The summed E-state index contributed by atoms with van der Waals surface area (Å²) >= 11 is 1.52. The van der Waals surface area contributed by atoms with Gasteiger partial charge in [0.1, 0.15) is 12.4 Å². The maximum Gasteiger partial charge on any atom is 0.471 e. The number of H-pyrrole nitrogens is 1. The highest BCUT2D eigenvalue weighted by Gasteiger charge is 2.47. The molecule has 2 aliphatic heterocycles. The molecule has 6 rings (SSSR count). The summed E-state index contributed by atoms with van der Waals surface area (Å²) in [6.07, 6.45) is -3.40. The number of aliphatic hydroxyl groups is 1. The summed E-state index contributed by atoms with van der Waals surface area (Å²) in [6, 6.07) is 21.8. The van der Waals surface area contributed by atoms with E-state index >= 15 is 0 Å². The lowest BCUT2D eigenvalue weighted by atomic mass is 9.99. The third kappa shape index (κ3) is 8.06. The molecule has 1 aromatic heterocycles. The first-order chi connectivity index (χ1) is 23.2. The number of nitrogens with one attached hydrogen (secondary N) is 2. The summed E-state index contributed by atoms with van der Waals surface area (Å²) < 4.78 is 51.8. The largest absolute Gasteiger partial charge is 0.471 e. The van der Waals surface area contributed by atoms with Crippen molar-refractivity contribution in [1.82, 2.24) is 25.4 Å². The Balaban J connectivity index is 1.12. The summed E-state index contributed by atoms with van der Waals surface area (Å²) in [7, 11) is 0. The zero-order valence-electron chi connectivity index (χ0n) is 25.7. The van der Waals surface area contributed by atoms with Crippen molar-refractivity contribution < 1.29 is 37.3 Å². The topological polar surface area (TPSA) is 130 Å². The molecule has 48 heavy (non-hydrogen) atoms. The Labute approximate surface area is 279 Å². The van der Waals surface area contributed by atoms with E-state index in [1.807, 2.05) is 72.8 Å². The first-order valence-corrected chi connectivity index (χ1v) is 16.5. The molecule has 0 bridgehead atoms. The van der Waals surface area contributed by atoms with Crippen LogP contribution in [-0.2, 0) is 32.2 Å². The number of carbonyl (C=O) groups excluding carboxylic acids is 2. The average Bonchev–Trinajstić information content (AvgIpc) is 3.82. The lowest BCUT2D eigenvalue weighted by Gasteiger charge is -2.36. The molecule has 3 heterocycles. The molecule has 10 nitrogen and oxygen atoms in total. The van der Waals surface area contributed by atoms with Crippen LogP contribution in [0.2, 0.25) is 0 Å². The normalized spacial score (nSPS) is 21.3. The fourth-order valence-corrected chi connectivity index (χ4v) is 6.70. The number of aromatic amines is 1. The quantitative estimate of drug-likeness (QED) is 0.188. The number of aromatic nitrogens is 3. The fraction of sp³-hybridized carbons (Fsp3) is 0.353. The van der Waals surface area contributed by atoms with E-state index in [4.69, 9.17) is 9.47 Å². The minimum absolute atomic E-state index is 0.0371. The summed E-state index contributed by atoms with van der Waals surface area (Å²) in [5.74, 6) is -1.95. The Kier molecular flexibility index (Phi) is 10.4. The minimum Gasteiger partial charge on any atom is -0.392 e. The standard InChI is InChI=1S/C34H34F3N5O5S/c35-34(36,37)32(45)42-14-2-5-28(42)30(44)38-17-22-3-1-4-26(15-22)23-10-12-25(13-11-23)31-46-27(19-48-33-39-20-40-41-33)16-29(47-31)24-8-6-21(18-43)7-9-24/h1,3-4,6-13,15,20,27-29,31,43H,2,5,14,16-19H2,(H,38,44)(H,39,40,41). The molecule has 14 heteroatoms. The summed E-state index contributed by atoms with van der Waals surface area (Å²) in [5, 5.41) is 19.6. The third-order valence-electron chi connectivity index (χ3n) is 8.38. The van der Waals surface area contributed by atoms with E-state index in [9.17, 15) is 27.9 Å². The molecular weight excluding hydrogens is 647 g/mol. The number of alkyl halides is 3. The summed E-state index contributed by atoms with van der Waals surface area (Å²) in [5.41, 5.74) is 5.20. The van der Waals surface area contributed by atoms with Gasteiger partial charge in [-0.1, -0.05) is 78.5 Å². The number of rotatable bonds is 10. The van der Waals surface area contributed by atoms with E-state index in [0.717, 1.165) is 33.4 Å². The number of aliphatic hydroxyl groups excluding tert-OH is 1. The molecule has 4 aromatic rings. The zero-order valence-corrected chi connectivity index (χ0v) is 26.5. The van der Waals surface area contributed by atoms with Gasteiger partial charge >= 0.3 is 12.1 Å². The average molecular weight is 682 g/mol. The van der Waals surface area contributed by atoms with Crippen LogP contribution < -0.4 is 5.32 Å². The molecule has 4 atom stereocenters. The van der Waals surface area contributed by atoms with Crippen LogP contribution in [0.1, 0.15) is 53.9 Å². The molecule has 0 spiro atoms. The molecule has 3 aromatic carbocycles. The molecule has 4 unspecified atom stereocenters. The molecule has 2 fully saturated rings. The predicted molar refractivity (Wildman–Crippen MR) is 170 cm³/mol. The van der Waals surface area contributed by atoms with Crippen molar-refractivity contribution in [2.24, 2.45) is 0 Å². The highest BCUT2D eigenvalue weighted by Crippen LogP contribution is 2.39. The maximum atomic E-state index is 13.0. The van der Waals surface area contributed by atoms with Crippen LogP contribution in [0.3, 0.4) is 0 Å². The van der Waals surface area contributed by atoms with Gasteiger partial charge in [0.25, 0.3) is 0 Å². The zero-order chi connectivity index (χ0) is 33.7. The number of nitrogens with zero attached hydrogens (tertiary/aromatic N) is 3. The van der Waals surface area contributed by atoms with Gasteiger partial charge < -0.3 is 24.8 Å². The Hall–Kier alpha value is -4.24. The first-order valence-electron chi connectivity index (χ1n) is 15.5. The highest BCUT2D eigenvalue weighted by molar-refractivity contribution is 7.99. The number of halogens is 3. The Morgan fingerprint density at radius 3 is 2.48 bits per heavy atom. The van der Waals surface area contributed by atoms with Crippen molar-refractivity contribution in [2.45, 2.75) is 68.3 Å². The molecule has 252 valence electrons. The van der Waals surface area contributed by atoms with Gasteiger partial charge in [-0.15, -0.1) is 0 Å². The second-order valence-electron chi connectivity index (χ2n) is 11.6. The van der Waals surface area contributed by atoms with Crippen LogP contribution in [0, 0.1) is 0 Å². The molecule has 3 N–H and O–H groups in total. The first kappa shape index (κ1) is 33.7. The molecule has 0 saturated carbocycles. The van der Waals surface area contributed by atoms with Gasteiger partial charge in [-0.05, 0) is 46.7 Å². The number of thioether (sulfide) groups is 1. The number of ether oxygens (including phenoxy) is 2. The second kappa shape index (κ2) is 14.9. The van der Waals surface area contributed by atoms with E-state index in [1.54, 1.807) is 0 Å². The van der Waals surface area contributed by atoms with Crippen molar-refractivity contribution in [3.63, 3.8) is 0 Å². The smallest absolute Gasteiger partial charge is 0.392 e. The van der Waals surface area contributed by atoms with Gasteiger partial charge in [-0.25, -0.2) is 4.98 Å². The monoisotopic (exact) mass is 681 g/mol. The summed E-state index contributed by atoms with van der Waals surface area (Å²) in [4.78, 5) is 29.3. The van der Waals surface area contributed by atoms with Crippen molar-refractivity contribution in [3.8, 4) is 11.1 Å². The van der Waals surface area contributed by atoms with Crippen LogP contribution >= 0.6 is 11.8 Å². The Morgan fingerprint density at radius 2 is 1.77 bits per heavy atom. The van der Waals surface area contributed by atoms with E-state index in [-0.39, 0.29) is 38.3 Å². The van der Waals surface area contributed by atoms with E-state index in [0.29, 0.717) is 28.7 Å². The van der Waals surface area contributed by atoms with Gasteiger partial charge in [0.05, 0.1) is 18.8 Å². The van der Waals surface area contributed by atoms with Crippen LogP contribution in [0.15, 0.2) is 84.3 Å². The second-order valence-corrected chi connectivity index (χ2v) is 12.7. The van der Waals surface area contributed by atoms with E-state index in [2.05, 4.69) is 20.5 Å². The van der Waals surface area contributed by atoms with Gasteiger partial charge in [-0.2, -0.15) is 18.3 Å². The van der Waals surface area contributed by atoms with E-state index in [1.165, 1.54) is 18.1 Å². The number of likely N-dealkylation sites (tertiary alicyclic amines) is 1. The number of benzene rings is 3. The predicted octanol–water partition coefficient (Wildman–Crippen LogP) is 5.47. The minimum atomic E-state index is -5.02. The van der Waals surface area contributed by atoms with Gasteiger partial charge in [0, 0.05) is 30.8 Å². The molecule has 0 aliphatic carbocycles.